The minimum absolute atomic E-state index is 0.0223. The average molecular weight is 479 g/mol. The summed E-state index contributed by atoms with van der Waals surface area (Å²) >= 11 is 5.93. The minimum Gasteiger partial charge on any atom is -0.461 e. The van der Waals surface area contributed by atoms with Gasteiger partial charge >= 0.3 is 6.01 Å². The van der Waals surface area contributed by atoms with Crippen molar-refractivity contribution in [2.75, 3.05) is 50.8 Å². The fourth-order valence-corrected chi connectivity index (χ4v) is 5.39. The van der Waals surface area contributed by atoms with Gasteiger partial charge in [0.15, 0.2) is 11.0 Å². The summed E-state index contributed by atoms with van der Waals surface area (Å²) < 4.78 is 40.8. The Hall–Kier alpha value is -2.35. The predicted molar refractivity (Wildman–Crippen MR) is 119 cm³/mol. The maximum absolute atomic E-state index is 14.9. The third-order valence-electron chi connectivity index (χ3n) is 6.78. The van der Waals surface area contributed by atoms with Gasteiger partial charge in [-0.3, -0.25) is 4.90 Å². The van der Waals surface area contributed by atoms with Crippen molar-refractivity contribution in [2.45, 2.75) is 43.5 Å². The minimum atomic E-state index is -0.874. The van der Waals surface area contributed by atoms with Gasteiger partial charge in [0.25, 0.3) is 0 Å². The molecule has 0 N–H and O–H groups in total. The highest BCUT2D eigenvalue weighted by Crippen LogP contribution is 2.40. The molecule has 3 aliphatic heterocycles. The molecule has 8 nitrogen and oxygen atoms in total. The van der Waals surface area contributed by atoms with Crippen LogP contribution in [0.15, 0.2) is 6.20 Å². The third-order valence-corrected chi connectivity index (χ3v) is 7.04. The van der Waals surface area contributed by atoms with Gasteiger partial charge in [0, 0.05) is 32.3 Å². The topological polar surface area (TPSA) is 68.0 Å². The van der Waals surface area contributed by atoms with Gasteiger partial charge in [0.1, 0.15) is 30.2 Å². The molecule has 0 aliphatic carbocycles. The number of fused-ring (bicyclic) bond motifs is 2. The Bertz CT molecular complexity index is 1090. The molecule has 5 heterocycles. The van der Waals surface area contributed by atoms with Crippen molar-refractivity contribution in [3.05, 3.63) is 28.6 Å². The second-order valence-electron chi connectivity index (χ2n) is 8.95. The van der Waals surface area contributed by atoms with E-state index >= 15 is 0 Å². The Kier molecular flexibility index (Phi) is 6.20. The van der Waals surface area contributed by atoms with E-state index < -0.39 is 12.0 Å². The molecule has 0 saturated carbocycles. The van der Waals surface area contributed by atoms with Gasteiger partial charge in [-0.25, -0.2) is 20.3 Å². The van der Waals surface area contributed by atoms with E-state index in [1.54, 1.807) is 0 Å². The second-order valence-corrected chi connectivity index (χ2v) is 9.31. The number of aromatic nitrogens is 3. The van der Waals surface area contributed by atoms with Crippen molar-refractivity contribution < 1.29 is 18.3 Å². The van der Waals surface area contributed by atoms with Crippen LogP contribution >= 0.6 is 11.6 Å². The van der Waals surface area contributed by atoms with E-state index in [0.717, 1.165) is 25.8 Å². The van der Waals surface area contributed by atoms with Crippen LogP contribution < -0.4 is 9.64 Å². The van der Waals surface area contributed by atoms with Crippen molar-refractivity contribution >= 4 is 28.3 Å². The fourth-order valence-electron chi connectivity index (χ4n) is 5.25. The van der Waals surface area contributed by atoms with Gasteiger partial charge in [-0.2, -0.15) is 9.97 Å². The summed E-state index contributed by atoms with van der Waals surface area (Å²) in [7, 11) is 0. The summed E-state index contributed by atoms with van der Waals surface area (Å²) in [6.07, 6.45) is 3.29. The first kappa shape index (κ1) is 22.4. The Morgan fingerprint density at radius 1 is 1.30 bits per heavy atom. The van der Waals surface area contributed by atoms with E-state index in [0.29, 0.717) is 43.9 Å². The normalized spacial score (nSPS) is 28.0. The number of nitrogens with zero attached hydrogens (tertiary/aromatic N) is 6. The lowest BCUT2D eigenvalue weighted by atomic mass is 9.95. The first-order chi connectivity index (χ1) is 16.0. The molecule has 2 aromatic rings. The van der Waals surface area contributed by atoms with Gasteiger partial charge in [0.2, 0.25) is 6.54 Å². The monoisotopic (exact) mass is 478 g/mol. The zero-order valence-corrected chi connectivity index (χ0v) is 18.9. The zero-order chi connectivity index (χ0) is 23.0. The molecular weight excluding hydrogens is 454 g/mol. The standard InChI is InChI=1S/C22H25ClF2N6O2/c1-26-9-15-12-30(5-3-7-32-15)20-16-10-27-19(23)17(25)18(16)28-21(29-20)33-13-22-4-2-6-31(22)11-14(24)8-22/h10,14-15H,2-9,11-13H2/t14-,15?,22+/m1/s1. The van der Waals surface area contributed by atoms with Gasteiger partial charge in [0.05, 0.1) is 17.5 Å². The smallest absolute Gasteiger partial charge is 0.319 e. The van der Waals surface area contributed by atoms with Crippen LogP contribution in [0, 0.1) is 12.4 Å². The summed E-state index contributed by atoms with van der Waals surface area (Å²) in [4.78, 5) is 20.4. The van der Waals surface area contributed by atoms with Gasteiger partial charge in [-0.1, -0.05) is 11.6 Å². The van der Waals surface area contributed by atoms with Crippen LogP contribution in [0.5, 0.6) is 6.01 Å². The van der Waals surface area contributed by atoms with E-state index in [4.69, 9.17) is 27.6 Å². The van der Waals surface area contributed by atoms with Gasteiger partial charge in [-0.15, -0.1) is 0 Å². The van der Waals surface area contributed by atoms with Crippen LogP contribution in [0.4, 0.5) is 14.6 Å². The van der Waals surface area contributed by atoms with Gasteiger partial charge < -0.3 is 19.2 Å². The summed E-state index contributed by atoms with van der Waals surface area (Å²) in [6.45, 7) is 10.5. The van der Waals surface area contributed by atoms with Crippen molar-refractivity contribution in [2.24, 2.45) is 0 Å². The average Bonchev–Trinajstić information content (AvgIpc) is 3.21. The number of ether oxygens (including phenoxy) is 2. The Morgan fingerprint density at radius 3 is 3.03 bits per heavy atom. The lowest BCUT2D eigenvalue weighted by Crippen LogP contribution is -2.43. The maximum Gasteiger partial charge on any atom is 0.319 e. The van der Waals surface area contributed by atoms with Crippen LogP contribution in [-0.4, -0.2) is 83.6 Å². The molecule has 176 valence electrons. The summed E-state index contributed by atoms with van der Waals surface area (Å²) in [5, 5.41) is 0.137. The highest BCUT2D eigenvalue weighted by Gasteiger charge is 2.49. The van der Waals surface area contributed by atoms with Crippen molar-refractivity contribution in [3.63, 3.8) is 0 Å². The highest BCUT2D eigenvalue weighted by atomic mass is 35.5. The molecule has 3 fully saturated rings. The van der Waals surface area contributed by atoms with Crippen molar-refractivity contribution in [3.8, 4) is 6.01 Å². The lowest BCUT2D eigenvalue weighted by molar-refractivity contribution is 0.0799. The molecule has 33 heavy (non-hydrogen) atoms. The highest BCUT2D eigenvalue weighted by molar-refractivity contribution is 6.30. The Balaban J connectivity index is 1.49. The molecule has 11 heteroatoms. The van der Waals surface area contributed by atoms with E-state index in [9.17, 15) is 8.78 Å². The molecule has 0 amide bonds. The van der Waals surface area contributed by atoms with Crippen molar-refractivity contribution in [1.29, 1.82) is 0 Å². The molecule has 0 radical (unpaired) electrons. The first-order valence-electron chi connectivity index (χ1n) is 11.2. The van der Waals surface area contributed by atoms with Crippen LogP contribution in [0.1, 0.15) is 25.7 Å². The van der Waals surface area contributed by atoms with E-state index in [2.05, 4.69) is 24.7 Å². The van der Waals surface area contributed by atoms with Crippen molar-refractivity contribution in [1.82, 2.24) is 19.9 Å². The summed E-state index contributed by atoms with van der Waals surface area (Å²) in [6, 6.07) is 0.0223. The number of rotatable bonds is 5. The molecule has 0 bridgehead atoms. The maximum atomic E-state index is 14.9. The third kappa shape index (κ3) is 4.29. The molecule has 3 saturated heterocycles. The Morgan fingerprint density at radius 2 is 2.18 bits per heavy atom. The number of hydrogen-bond donors (Lipinski definition) is 0. The van der Waals surface area contributed by atoms with E-state index in [1.807, 2.05) is 4.90 Å². The van der Waals surface area contributed by atoms with Gasteiger partial charge in [-0.05, 0) is 25.8 Å². The molecule has 0 aromatic carbocycles. The number of alkyl halides is 1. The van der Waals surface area contributed by atoms with E-state index in [-0.39, 0.29) is 41.5 Å². The quantitative estimate of drug-likeness (QED) is 0.482. The van der Waals surface area contributed by atoms with Crippen LogP contribution in [-0.2, 0) is 4.74 Å². The molecule has 2 aromatic heterocycles. The summed E-state index contributed by atoms with van der Waals surface area (Å²) in [5.74, 6) is -0.272. The fraction of sp³-hybridized carbons (Fsp3) is 0.636. The zero-order valence-electron chi connectivity index (χ0n) is 18.1. The molecular formula is C22H25ClF2N6O2. The van der Waals surface area contributed by atoms with Crippen LogP contribution in [0.3, 0.4) is 0 Å². The second kappa shape index (κ2) is 9.12. The largest absolute Gasteiger partial charge is 0.461 e. The molecule has 1 unspecified atom stereocenters. The molecule has 3 aliphatic rings. The Labute approximate surface area is 195 Å². The molecule has 5 rings (SSSR count). The van der Waals surface area contributed by atoms with Crippen LogP contribution in [0.2, 0.25) is 5.15 Å². The first-order valence-corrected chi connectivity index (χ1v) is 11.6. The van der Waals surface area contributed by atoms with Crippen LogP contribution in [0.25, 0.3) is 15.7 Å². The SMILES string of the molecule is [C-]#[N+]CC1CN(c2nc(OC[C@@]34CCCN3C[C@H](F)C4)nc3c(F)c(Cl)ncc23)CCCO1. The number of hydrogen-bond acceptors (Lipinski definition) is 7. The number of anilines is 1. The predicted octanol–water partition coefficient (Wildman–Crippen LogP) is 3.29. The van der Waals surface area contributed by atoms with E-state index in [1.165, 1.54) is 6.20 Å². The lowest BCUT2D eigenvalue weighted by Gasteiger charge is -2.31. The number of halogens is 3. The summed E-state index contributed by atoms with van der Waals surface area (Å²) in [5.41, 5.74) is -0.346. The molecule has 3 atom stereocenters. The number of pyridine rings is 1. The molecule has 0 spiro atoms.